The van der Waals surface area contributed by atoms with E-state index >= 15 is 0 Å². The summed E-state index contributed by atoms with van der Waals surface area (Å²) in [6.45, 7) is 3.89. The molecule has 6 rings (SSSR count). The number of ether oxygens (including phenoxy) is 4. The van der Waals surface area contributed by atoms with Gasteiger partial charge in [-0.2, -0.15) is 0 Å². The monoisotopic (exact) mass is 391 g/mol. The molecule has 2 aromatic rings. The van der Waals surface area contributed by atoms with Crippen molar-refractivity contribution in [2.75, 3.05) is 20.1 Å². The Balaban J connectivity index is 1.49. The summed E-state index contributed by atoms with van der Waals surface area (Å²) in [6.07, 6.45) is 8.13. The van der Waals surface area contributed by atoms with Gasteiger partial charge < -0.3 is 23.8 Å². The summed E-state index contributed by atoms with van der Waals surface area (Å²) in [6, 6.07) is 8.86. The average molecular weight is 391 g/mol. The second-order valence-electron chi connectivity index (χ2n) is 8.15. The minimum absolute atomic E-state index is 0.312. The van der Waals surface area contributed by atoms with Crippen molar-refractivity contribution in [2.45, 2.75) is 45.1 Å². The van der Waals surface area contributed by atoms with Gasteiger partial charge in [-0.25, -0.2) is 0 Å². The third-order valence-corrected chi connectivity index (χ3v) is 6.50. The fourth-order valence-corrected chi connectivity index (χ4v) is 5.10. The molecule has 29 heavy (non-hydrogen) atoms. The second-order valence-corrected chi connectivity index (χ2v) is 8.15. The zero-order chi connectivity index (χ0) is 19.4. The summed E-state index contributed by atoms with van der Waals surface area (Å²) in [4.78, 5) is 2.57. The highest BCUT2D eigenvalue weighted by Gasteiger charge is 2.37. The van der Waals surface area contributed by atoms with Crippen LogP contribution in [0.1, 0.15) is 60.9 Å². The molecule has 150 valence electrons. The maximum Gasteiger partial charge on any atom is 0.231 e. The molecule has 4 aliphatic rings. The Morgan fingerprint density at radius 3 is 2.69 bits per heavy atom. The minimum atomic E-state index is 0.312. The lowest BCUT2D eigenvalue weighted by Gasteiger charge is -2.43. The third kappa shape index (κ3) is 2.60. The second kappa shape index (κ2) is 6.61. The van der Waals surface area contributed by atoms with Gasteiger partial charge in [0.15, 0.2) is 23.0 Å². The first-order valence-corrected chi connectivity index (χ1v) is 10.7. The normalized spacial score (nSPS) is 20.1. The molecule has 0 radical (unpaired) electrons. The van der Waals surface area contributed by atoms with Crippen LogP contribution in [0.15, 0.2) is 24.3 Å². The summed E-state index contributed by atoms with van der Waals surface area (Å²) < 4.78 is 22.9. The van der Waals surface area contributed by atoms with Crippen LogP contribution >= 0.6 is 0 Å². The van der Waals surface area contributed by atoms with Crippen molar-refractivity contribution in [1.82, 2.24) is 4.90 Å². The minimum Gasteiger partial charge on any atom is -0.454 e. The Kier molecular flexibility index (Phi) is 3.89. The van der Waals surface area contributed by atoms with Crippen LogP contribution in [0.25, 0.3) is 11.8 Å². The Bertz CT molecular complexity index is 1010. The molecule has 0 spiro atoms. The van der Waals surface area contributed by atoms with Crippen molar-refractivity contribution in [1.29, 1.82) is 0 Å². The van der Waals surface area contributed by atoms with Crippen LogP contribution in [0.2, 0.25) is 0 Å². The van der Waals surface area contributed by atoms with Crippen molar-refractivity contribution in [2.24, 2.45) is 0 Å². The fraction of sp³-hybridized carbons (Fsp3) is 0.417. The lowest BCUT2D eigenvalue weighted by atomic mass is 9.84. The first-order valence-electron chi connectivity index (χ1n) is 10.7. The molecule has 0 aromatic heterocycles. The number of fused-ring (bicyclic) bond motifs is 7. The van der Waals surface area contributed by atoms with E-state index in [-0.39, 0.29) is 0 Å². The fourth-order valence-electron chi connectivity index (χ4n) is 5.10. The zero-order valence-electron chi connectivity index (χ0n) is 16.7. The van der Waals surface area contributed by atoms with Crippen LogP contribution in [0.5, 0.6) is 23.0 Å². The van der Waals surface area contributed by atoms with Crippen molar-refractivity contribution < 1.29 is 18.9 Å². The third-order valence-electron chi connectivity index (χ3n) is 6.50. The molecule has 0 unspecified atom stereocenters. The number of hydrogen-bond acceptors (Lipinski definition) is 5. The quantitative estimate of drug-likeness (QED) is 0.676. The molecule has 0 bridgehead atoms. The molecule has 1 atom stereocenters. The largest absolute Gasteiger partial charge is 0.454 e. The molecule has 5 heteroatoms. The van der Waals surface area contributed by atoms with E-state index in [1.165, 1.54) is 47.2 Å². The zero-order valence-corrected chi connectivity index (χ0v) is 16.7. The van der Waals surface area contributed by atoms with Gasteiger partial charge in [0.2, 0.25) is 13.6 Å². The van der Waals surface area contributed by atoms with E-state index in [9.17, 15) is 0 Å². The van der Waals surface area contributed by atoms with Crippen LogP contribution < -0.4 is 18.9 Å². The van der Waals surface area contributed by atoms with E-state index in [1.807, 2.05) is 6.07 Å². The summed E-state index contributed by atoms with van der Waals surface area (Å²) in [5, 5.41) is 0. The highest BCUT2D eigenvalue weighted by Crippen LogP contribution is 2.52. The van der Waals surface area contributed by atoms with Crippen LogP contribution in [0, 0.1) is 0 Å². The average Bonchev–Trinajstić information content (AvgIpc) is 3.40. The van der Waals surface area contributed by atoms with E-state index < -0.39 is 0 Å². The van der Waals surface area contributed by atoms with Crippen LogP contribution in [-0.2, 0) is 6.42 Å². The van der Waals surface area contributed by atoms with E-state index in [2.05, 4.69) is 36.1 Å². The standard InChI is InChI=1S/C24H25NO4/c1-2-3-4-5-18-23-16(6-7-20-24(23)29-14-26-20)10-19-17-12-22-21(27-13-28-22)11-15(17)8-9-25(18)19/h6-7,10-12,18H,2-5,8-9,13-14H2,1H3/t18-/m0/s1. The van der Waals surface area contributed by atoms with E-state index in [0.29, 0.717) is 19.6 Å². The predicted molar refractivity (Wildman–Crippen MR) is 110 cm³/mol. The van der Waals surface area contributed by atoms with E-state index in [1.54, 1.807) is 0 Å². The summed E-state index contributed by atoms with van der Waals surface area (Å²) in [5.41, 5.74) is 6.44. The topological polar surface area (TPSA) is 40.2 Å². The first-order chi connectivity index (χ1) is 14.3. The lowest BCUT2D eigenvalue weighted by molar-refractivity contribution is 0.170. The molecular weight excluding hydrogens is 366 g/mol. The van der Waals surface area contributed by atoms with Gasteiger partial charge in [0.25, 0.3) is 0 Å². The molecule has 4 aliphatic heterocycles. The number of nitrogens with zero attached hydrogens (tertiary/aromatic N) is 1. The molecule has 0 saturated carbocycles. The molecule has 0 amide bonds. The molecule has 0 N–H and O–H groups in total. The number of rotatable bonds is 4. The predicted octanol–water partition coefficient (Wildman–Crippen LogP) is 5.14. The molecule has 5 nitrogen and oxygen atoms in total. The smallest absolute Gasteiger partial charge is 0.231 e. The molecule has 0 fully saturated rings. The van der Waals surface area contributed by atoms with Crippen molar-refractivity contribution in [3.63, 3.8) is 0 Å². The number of benzene rings is 2. The summed E-state index contributed by atoms with van der Waals surface area (Å²) in [7, 11) is 0. The SMILES string of the molecule is CCCCC[C@H]1c2c(ccc3c2OCO3)C=C2c3cc4c(cc3CCN21)OCO4. The van der Waals surface area contributed by atoms with Gasteiger partial charge in [0.05, 0.1) is 6.04 Å². The molecule has 0 saturated heterocycles. The summed E-state index contributed by atoms with van der Waals surface area (Å²) in [5.74, 6) is 3.54. The van der Waals surface area contributed by atoms with Gasteiger partial charge in [-0.3, -0.25) is 0 Å². The number of unbranched alkanes of at least 4 members (excludes halogenated alkanes) is 2. The van der Waals surface area contributed by atoms with Crippen LogP contribution in [0.4, 0.5) is 0 Å². The maximum atomic E-state index is 5.93. The van der Waals surface area contributed by atoms with Gasteiger partial charge in [-0.1, -0.05) is 32.3 Å². The Labute approximate surface area is 170 Å². The Hall–Kier alpha value is -2.82. The van der Waals surface area contributed by atoms with Crippen LogP contribution in [-0.4, -0.2) is 25.0 Å². The van der Waals surface area contributed by atoms with Gasteiger partial charge in [0.1, 0.15) is 0 Å². The first kappa shape index (κ1) is 17.1. The van der Waals surface area contributed by atoms with Gasteiger partial charge in [-0.05, 0) is 48.2 Å². The Morgan fingerprint density at radius 1 is 0.966 bits per heavy atom. The highest BCUT2D eigenvalue weighted by molar-refractivity contribution is 5.88. The molecule has 2 aromatic carbocycles. The van der Waals surface area contributed by atoms with E-state index in [0.717, 1.165) is 42.4 Å². The van der Waals surface area contributed by atoms with Gasteiger partial charge in [-0.15, -0.1) is 0 Å². The molecular formula is C24H25NO4. The Morgan fingerprint density at radius 2 is 1.79 bits per heavy atom. The van der Waals surface area contributed by atoms with Gasteiger partial charge in [0, 0.05) is 23.4 Å². The number of hydrogen-bond donors (Lipinski definition) is 0. The highest BCUT2D eigenvalue weighted by atomic mass is 16.7. The molecule has 0 aliphatic carbocycles. The maximum absolute atomic E-state index is 5.93. The lowest BCUT2D eigenvalue weighted by Crippen LogP contribution is -2.35. The van der Waals surface area contributed by atoms with Crippen LogP contribution in [0.3, 0.4) is 0 Å². The van der Waals surface area contributed by atoms with E-state index in [4.69, 9.17) is 18.9 Å². The van der Waals surface area contributed by atoms with Crippen molar-refractivity contribution in [3.05, 3.63) is 46.5 Å². The van der Waals surface area contributed by atoms with Crippen molar-refractivity contribution >= 4 is 11.8 Å². The van der Waals surface area contributed by atoms with Crippen molar-refractivity contribution in [3.8, 4) is 23.0 Å². The van der Waals surface area contributed by atoms with Gasteiger partial charge >= 0.3 is 0 Å². The molecule has 4 heterocycles. The summed E-state index contributed by atoms with van der Waals surface area (Å²) >= 11 is 0.